The Hall–Kier alpha value is -2.87. The van der Waals surface area contributed by atoms with Crippen molar-refractivity contribution in [3.05, 3.63) is 106 Å². The molecule has 1 aliphatic rings. The van der Waals surface area contributed by atoms with Crippen molar-refractivity contribution < 1.29 is 9.18 Å². The van der Waals surface area contributed by atoms with Crippen LogP contribution in [0.2, 0.25) is 10.0 Å². The summed E-state index contributed by atoms with van der Waals surface area (Å²) in [5.41, 5.74) is 2.69. The first kappa shape index (κ1) is 26.7. The van der Waals surface area contributed by atoms with E-state index in [1.54, 1.807) is 24.3 Å². The molecule has 1 saturated carbocycles. The summed E-state index contributed by atoms with van der Waals surface area (Å²) in [5.74, 6) is 0.920. The highest BCUT2D eigenvalue weighted by atomic mass is 35.5. The molecule has 3 aromatic carbocycles. The quantitative estimate of drug-likeness (QED) is 0.211. The number of rotatable bonds is 9. The highest BCUT2D eigenvalue weighted by Gasteiger charge is 2.29. The van der Waals surface area contributed by atoms with Crippen LogP contribution in [0, 0.1) is 11.7 Å². The van der Waals surface area contributed by atoms with Gasteiger partial charge in [-0.3, -0.25) is 9.36 Å². The van der Waals surface area contributed by atoms with Crippen molar-refractivity contribution >= 4 is 40.9 Å². The summed E-state index contributed by atoms with van der Waals surface area (Å²) in [7, 11) is 0. The van der Waals surface area contributed by atoms with Gasteiger partial charge in [0.05, 0.1) is 16.8 Å². The second kappa shape index (κ2) is 12.3. The molecule has 1 unspecified atom stereocenters. The number of hydrogen-bond donors (Lipinski definition) is 1. The topological polar surface area (TPSA) is 59.8 Å². The summed E-state index contributed by atoms with van der Waals surface area (Å²) in [6.07, 6.45) is 4.49. The average Bonchev–Trinajstić information content (AvgIpc) is 3.60. The molecule has 0 radical (unpaired) electrons. The number of carbonyl (C=O) groups excluding carboxylic acids is 1. The van der Waals surface area contributed by atoms with Crippen molar-refractivity contribution in [3.63, 3.8) is 0 Å². The van der Waals surface area contributed by atoms with Crippen LogP contribution >= 0.6 is 35.0 Å². The maximum absolute atomic E-state index is 13.4. The minimum atomic E-state index is -0.426. The normalized spacial score (nSPS) is 14.5. The maximum atomic E-state index is 13.4. The maximum Gasteiger partial charge on any atom is 0.223 e. The van der Waals surface area contributed by atoms with E-state index >= 15 is 0 Å². The second-order valence-corrected chi connectivity index (χ2v) is 11.2. The van der Waals surface area contributed by atoms with Gasteiger partial charge in [0, 0.05) is 16.7 Å². The third-order valence-corrected chi connectivity index (χ3v) is 8.26. The molecular formula is C29H27Cl2FN4OS. The zero-order valence-electron chi connectivity index (χ0n) is 20.6. The number of aromatic nitrogens is 3. The van der Waals surface area contributed by atoms with Gasteiger partial charge in [0.2, 0.25) is 5.91 Å². The largest absolute Gasteiger partial charge is 0.345 e. The van der Waals surface area contributed by atoms with Gasteiger partial charge in [-0.2, -0.15) is 0 Å². The van der Waals surface area contributed by atoms with Crippen molar-refractivity contribution in [2.75, 3.05) is 0 Å². The third-order valence-electron chi connectivity index (χ3n) is 6.73. The molecule has 0 saturated heterocycles. The lowest BCUT2D eigenvalue weighted by atomic mass is 10.0. The van der Waals surface area contributed by atoms with Gasteiger partial charge in [-0.1, -0.05) is 90.3 Å². The molecule has 4 aromatic rings. The van der Waals surface area contributed by atoms with Gasteiger partial charge in [-0.25, -0.2) is 4.39 Å². The highest BCUT2D eigenvalue weighted by molar-refractivity contribution is 7.98. The summed E-state index contributed by atoms with van der Waals surface area (Å²) >= 11 is 14.3. The highest BCUT2D eigenvalue weighted by Crippen LogP contribution is 2.34. The van der Waals surface area contributed by atoms with Gasteiger partial charge in [-0.05, 0) is 60.7 Å². The Morgan fingerprint density at radius 1 is 1.00 bits per heavy atom. The van der Waals surface area contributed by atoms with E-state index in [0.717, 1.165) is 36.8 Å². The molecule has 38 heavy (non-hydrogen) atoms. The number of nitrogens with zero attached hydrogens (tertiary/aromatic N) is 3. The first-order valence-electron chi connectivity index (χ1n) is 12.6. The molecular weight excluding hydrogens is 542 g/mol. The van der Waals surface area contributed by atoms with E-state index in [4.69, 9.17) is 23.2 Å². The summed E-state index contributed by atoms with van der Waals surface area (Å²) in [6, 6.07) is 21.2. The van der Waals surface area contributed by atoms with Crippen molar-refractivity contribution in [1.29, 1.82) is 0 Å². The Morgan fingerprint density at radius 2 is 1.74 bits per heavy atom. The zero-order valence-corrected chi connectivity index (χ0v) is 22.9. The fourth-order valence-corrected chi connectivity index (χ4v) is 6.15. The molecule has 1 aliphatic carbocycles. The van der Waals surface area contributed by atoms with Gasteiger partial charge in [-0.15, -0.1) is 10.2 Å². The van der Waals surface area contributed by atoms with E-state index < -0.39 is 6.04 Å². The van der Waals surface area contributed by atoms with Crippen LogP contribution in [-0.2, 0) is 17.0 Å². The number of amides is 1. The summed E-state index contributed by atoms with van der Waals surface area (Å²) in [6.45, 7) is 0. The smallest absolute Gasteiger partial charge is 0.223 e. The fraction of sp³-hybridized carbons (Fsp3) is 0.276. The number of benzene rings is 3. The van der Waals surface area contributed by atoms with E-state index in [2.05, 4.69) is 15.5 Å². The molecule has 5 rings (SSSR count). The van der Waals surface area contributed by atoms with Crippen LogP contribution in [-0.4, -0.2) is 20.7 Å². The Morgan fingerprint density at radius 3 is 2.45 bits per heavy atom. The molecule has 0 aliphatic heterocycles. The van der Waals surface area contributed by atoms with Gasteiger partial charge in [0.1, 0.15) is 5.82 Å². The lowest BCUT2D eigenvalue weighted by Gasteiger charge is -2.22. The van der Waals surface area contributed by atoms with Crippen molar-refractivity contribution in [2.45, 2.75) is 49.1 Å². The van der Waals surface area contributed by atoms with E-state index in [9.17, 15) is 9.18 Å². The predicted molar refractivity (Wildman–Crippen MR) is 150 cm³/mol. The van der Waals surface area contributed by atoms with Crippen LogP contribution < -0.4 is 5.32 Å². The van der Waals surface area contributed by atoms with E-state index in [1.165, 1.54) is 23.9 Å². The predicted octanol–water partition coefficient (Wildman–Crippen LogP) is 7.60. The first-order chi connectivity index (χ1) is 18.5. The molecule has 1 heterocycles. The summed E-state index contributed by atoms with van der Waals surface area (Å²) in [4.78, 5) is 13.3. The van der Waals surface area contributed by atoms with Gasteiger partial charge in [0.25, 0.3) is 0 Å². The summed E-state index contributed by atoms with van der Waals surface area (Å²) < 4.78 is 15.3. The zero-order chi connectivity index (χ0) is 26.5. The molecule has 1 amide bonds. The molecule has 1 fully saturated rings. The van der Waals surface area contributed by atoms with Crippen molar-refractivity contribution in [1.82, 2.24) is 20.1 Å². The van der Waals surface area contributed by atoms with Gasteiger partial charge in [0.15, 0.2) is 11.0 Å². The Balaban J connectivity index is 1.53. The minimum absolute atomic E-state index is 0.0103. The Bertz CT molecular complexity index is 1390. The first-order valence-corrected chi connectivity index (χ1v) is 14.3. The Labute approximate surface area is 235 Å². The molecule has 9 heteroatoms. The molecule has 1 aromatic heterocycles. The van der Waals surface area contributed by atoms with E-state index in [1.807, 2.05) is 41.0 Å². The van der Waals surface area contributed by atoms with E-state index in [0.29, 0.717) is 38.9 Å². The number of halogens is 3. The van der Waals surface area contributed by atoms with Crippen LogP contribution in [0.25, 0.3) is 5.69 Å². The molecule has 1 atom stereocenters. The Kier molecular flexibility index (Phi) is 8.67. The molecule has 1 N–H and O–H groups in total. The van der Waals surface area contributed by atoms with Crippen molar-refractivity contribution in [2.24, 2.45) is 5.92 Å². The standard InChI is InChI=1S/C29H27Cl2FN4OS/c30-22-12-15-26(24(31)17-22)36-27(34-35-29(36)38-18-20-10-13-23(32)14-11-20)25(16-19-6-2-1-3-7-19)33-28(37)21-8-4-5-9-21/h1-3,6-7,10-15,17,21,25H,4-5,8-9,16,18H2,(H,33,37). The van der Waals surface area contributed by atoms with Crippen LogP contribution in [0.5, 0.6) is 0 Å². The summed E-state index contributed by atoms with van der Waals surface area (Å²) in [5, 5.41) is 14.0. The third kappa shape index (κ3) is 6.40. The lowest BCUT2D eigenvalue weighted by Crippen LogP contribution is -2.35. The molecule has 196 valence electrons. The number of hydrogen-bond acceptors (Lipinski definition) is 4. The van der Waals surface area contributed by atoms with Crippen LogP contribution in [0.15, 0.2) is 78.0 Å². The second-order valence-electron chi connectivity index (χ2n) is 9.42. The SMILES string of the molecule is O=C(NC(Cc1ccccc1)c1nnc(SCc2ccc(F)cc2)n1-c1ccc(Cl)cc1Cl)C1CCCC1. The number of nitrogens with one attached hydrogen (secondary N) is 1. The minimum Gasteiger partial charge on any atom is -0.345 e. The average molecular weight is 570 g/mol. The lowest BCUT2D eigenvalue weighted by molar-refractivity contribution is -0.125. The fourth-order valence-electron chi connectivity index (χ4n) is 4.75. The van der Waals surface area contributed by atoms with Gasteiger partial charge >= 0.3 is 0 Å². The molecule has 0 bridgehead atoms. The van der Waals surface area contributed by atoms with Crippen LogP contribution in [0.4, 0.5) is 4.39 Å². The molecule has 0 spiro atoms. The van der Waals surface area contributed by atoms with Crippen LogP contribution in [0.3, 0.4) is 0 Å². The monoisotopic (exact) mass is 568 g/mol. The van der Waals surface area contributed by atoms with Crippen LogP contribution in [0.1, 0.15) is 48.7 Å². The number of carbonyl (C=O) groups is 1. The van der Waals surface area contributed by atoms with Crippen molar-refractivity contribution in [3.8, 4) is 5.69 Å². The van der Waals surface area contributed by atoms with Gasteiger partial charge < -0.3 is 5.32 Å². The number of thioether (sulfide) groups is 1. The van der Waals surface area contributed by atoms with E-state index in [-0.39, 0.29) is 17.6 Å². The molecule has 5 nitrogen and oxygen atoms in total.